The van der Waals surface area contributed by atoms with Crippen LogP contribution in [0.15, 0.2) is 22.9 Å². The second-order valence-electron chi connectivity index (χ2n) is 3.16. The molecule has 1 aromatic rings. The highest BCUT2D eigenvalue weighted by molar-refractivity contribution is 9.10. The van der Waals surface area contributed by atoms with Crippen LogP contribution in [0.3, 0.4) is 0 Å². The predicted octanol–water partition coefficient (Wildman–Crippen LogP) is 2.55. The molecule has 1 N–H and O–H groups in total. The van der Waals surface area contributed by atoms with Crippen molar-refractivity contribution < 1.29 is 5.11 Å². The van der Waals surface area contributed by atoms with E-state index in [1.165, 1.54) is 0 Å². The van der Waals surface area contributed by atoms with Gasteiger partial charge in [-0.25, -0.2) is 0 Å². The largest absolute Gasteiger partial charge is 0.393 e. The Morgan fingerprint density at radius 3 is 2.92 bits per heavy atom. The third kappa shape index (κ3) is 3.87. The summed E-state index contributed by atoms with van der Waals surface area (Å²) in [5, 5.41) is 9.55. The first kappa shape index (κ1) is 10.7. The molecule has 0 bridgehead atoms. The topological polar surface area (TPSA) is 33.1 Å². The molecule has 0 radical (unpaired) electrons. The number of hydrogen-bond donors (Lipinski definition) is 1. The first-order chi connectivity index (χ1) is 6.22. The Kier molecular flexibility index (Phi) is 4.39. The highest BCUT2D eigenvalue weighted by Crippen LogP contribution is 2.12. The van der Waals surface area contributed by atoms with E-state index in [-0.39, 0.29) is 6.10 Å². The Hall–Kier alpha value is -0.410. The lowest BCUT2D eigenvalue weighted by molar-refractivity contribution is 0.164. The summed E-state index contributed by atoms with van der Waals surface area (Å²) < 4.78 is 0.966. The number of rotatable bonds is 4. The molecule has 1 atom stereocenters. The molecule has 0 aromatic carbocycles. The summed E-state index contributed by atoms with van der Waals surface area (Å²) in [7, 11) is 0. The number of halogens is 1. The van der Waals surface area contributed by atoms with Gasteiger partial charge in [-0.15, -0.1) is 0 Å². The maximum atomic E-state index is 9.55. The molecule has 3 heteroatoms. The van der Waals surface area contributed by atoms with Gasteiger partial charge in [0.1, 0.15) is 0 Å². The van der Waals surface area contributed by atoms with Crippen molar-refractivity contribution in [1.82, 2.24) is 4.98 Å². The summed E-state index contributed by atoms with van der Waals surface area (Å²) in [5.74, 6) is 0. The van der Waals surface area contributed by atoms with Crippen molar-refractivity contribution in [3.63, 3.8) is 0 Å². The van der Waals surface area contributed by atoms with Crippen LogP contribution in [0.5, 0.6) is 0 Å². The second kappa shape index (κ2) is 5.35. The lowest BCUT2D eigenvalue weighted by Crippen LogP contribution is -2.09. The molecule has 0 saturated heterocycles. The molecule has 1 rings (SSSR count). The second-order valence-corrected chi connectivity index (χ2v) is 4.07. The van der Waals surface area contributed by atoms with Crippen molar-refractivity contribution in [2.75, 3.05) is 0 Å². The van der Waals surface area contributed by atoms with E-state index in [2.05, 4.69) is 27.8 Å². The maximum absolute atomic E-state index is 9.55. The van der Waals surface area contributed by atoms with Crippen LogP contribution in [-0.4, -0.2) is 16.2 Å². The van der Waals surface area contributed by atoms with Gasteiger partial charge in [-0.3, -0.25) is 4.98 Å². The van der Waals surface area contributed by atoms with E-state index in [4.69, 9.17) is 0 Å². The molecule has 0 aliphatic rings. The quantitative estimate of drug-likeness (QED) is 0.882. The van der Waals surface area contributed by atoms with Crippen LogP contribution in [0.25, 0.3) is 0 Å². The molecular formula is C10H14BrNO. The van der Waals surface area contributed by atoms with Gasteiger partial charge >= 0.3 is 0 Å². The van der Waals surface area contributed by atoms with Gasteiger partial charge in [0.15, 0.2) is 0 Å². The van der Waals surface area contributed by atoms with Crippen molar-refractivity contribution in [3.8, 4) is 0 Å². The molecule has 1 unspecified atom stereocenters. The third-order valence-electron chi connectivity index (χ3n) is 1.85. The minimum absolute atomic E-state index is 0.235. The summed E-state index contributed by atoms with van der Waals surface area (Å²) in [6.45, 7) is 2.07. The van der Waals surface area contributed by atoms with Gasteiger partial charge in [0, 0.05) is 16.9 Å². The zero-order chi connectivity index (χ0) is 9.68. The average molecular weight is 244 g/mol. The normalized spacial score (nSPS) is 12.8. The van der Waals surface area contributed by atoms with Gasteiger partial charge in [0.2, 0.25) is 0 Å². The standard InChI is InChI=1S/C10H14BrNO/c1-2-3-10(13)5-8-4-9(11)7-12-6-8/h4,6-7,10,13H,2-3,5H2,1H3. The monoisotopic (exact) mass is 243 g/mol. The summed E-state index contributed by atoms with van der Waals surface area (Å²) in [4.78, 5) is 4.04. The molecule has 0 aliphatic carbocycles. The molecule has 1 heterocycles. The molecule has 1 aromatic heterocycles. The van der Waals surface area contributed by atoms with Crippen LogP contribution >= 0.6 is 15.9 Å². The van der Waals surface area contributed by atoms with Gasteiger partial charge in [0.05, 0.1) is 6.10 Å². The fraction of sp³-hybridized carbons (Fsp3) is 0.500. The highest BCUT2D eigenvalue weighted by atomic mass is 79.9. The van der Waals surface area contributed by atoms with Gasteiger partial charge < -0.3 is 5.11 Å². The lowest BCUT2D eigenvalue weighted by atomic mass is 10.1. The Morgan fingerprint density at radius 1 is 1.54 bits per heavy atom. The predicted molar refractivity (Wildman–Crippen MR) is 56.6 cm³/mol. The Bertz CT molecular complexity index is 265. The summed E-state index contributed by atoms with van der Waals surface area (Å²) >= 11 is 3.35. The number of aliphatic hydroxyl groups excluding tert-OH is 1. The first-order valence-corrected chi connectivity index (χ1v) is 5.29. The fourth-order valence-corrected chi connectivity index (χ4v) is 1.69. The van der Waals surface area contributed by atoms with E-state index in [9.17, 15) is 5.11 Å². The summed E-state index contributed by atoms with van der Waals surface area (Å²) in [6.07, 6.45) is 5.87. The zero-order valence-electron chi connectivity index (χ0n) is 7.70. The fourth-order valence-electron chi connectivity index (χ4n) is 1.27. The van der Waals surface area contributed by atoms with Crippen LogP contribution in [0.2, 0.25) is 0 Å². The number of aliphatic hydroxyl groups is 1. The average Bonchev–Trinajstić information content (AvgIpc) is 2.04. The van der Waals surface area contributed by atoms with E-state index in [1.54, 1.807) is 12.4 Å². The lowest BCUT2D eigenvalue weighted by Gasteiger charge is -2.08. The van der Waals surface area contributed by atoms with Gasteiger partial charge in [-0.05, 0) is 40.4 Å². The van der Waals surface area contributed by atoms with Crippen molar-refractivity contribution >= 4 is 15.9 Å². The zero-order valence-corrected chi connectivity index (χ0v) is 9.29. The van der Waals surface area contributed by atoms with Crippen LogP contribution in [0.1, 0.15) is 25.3 Å². The van der Waals surface area contributed by atoms with E-state index < -0.39 is 0 Å². The van der Waals surface area contributed by atoms with E-state index in [0.29, 0.717) is 6.42 Å². The number of pyridine rings is 1. The van der Waals surface area contributed by atoms with E-state index >= 15 is 0 Å². The molecule has 13 heavy (non-hydrogen) atoms. The van der Waals surface area contributed by atoms with Gasteiger partial charge in [-0.2, -0.15) is 0 Å². The molecule has 72 valence electrons. The van der Waals surface area contributed by atoms with Crippen LogP contribution in [-0.2, 0) is 6.42 Å². The van der Waals surface area contributed by atoms with Crippen molar-refractivity contribution in [2.24, 2.45) is 0 Å². The Labute approximate surface area is 87.1 Å². The van der Waals surface area contributed by atoms with Crippen LogP contribution < -0.4 is 0 Å². The Morgan fingerprint density at radius 2 is 2.31 bits per heavy atom. The molecule has 0 aliphatic heterocycles. The SMILES string of the molecule is CCCC(O)Cc1cncc(Br)c1. The minimum atomic E-state index is -0.235. The molecule has 0 amide bonds. The summed E-state index contributed by atoms with van der Waals surface area (Å²) in [5.41, 5.74) is 1.08. The summed E-state index contributed by atoms with van der Waals surface area (Å²) in [6, 6.07) is 1.99. The maximum Gasteiger partial charge on any atom is 0.0581 e. The molecule has 0 saturated carbocycles. The van der Waals surface area contributed by atoms with Crippen LogP contribution in [0, 0.1) is 0 Å². The van der Waals surface area contributed by atoms with Crippen molar-refractivity contribution in [2.45, 2.75) is 32.3 Å². The van der Waals surface area contributed by atoms with Gasteiger partial charge in [0.25, 0.3) is 0 Å². The van der Waals surface area contributed by atoms with Gasteiger partial charge in [-0.1, -0.05) is 13.3 Å². The van der Waals surface area contributed by atoms with E-state index in [0.717, 1.165) is 22.9 Å². The third-order valence-corrected chi connectivity index (χ3v) is 2.29. The van der Waals surface area contributed by atoms with Crippen molar-refractivity contribution in [3.05, 3.63) is 28.5 Å². The number of aromatic nitrogens is 1. The molecule has 0 spiro atoms. The smallest absolute Gasteiger partial charge is 0.0581 e. The Balaban J connectivity index is 2.53. The van der Waals surface area contributed by atoms with Crippen molar-refractivity contribution in [1.29, 1.82) is 0 Å². The molecule has 2 nitrogen and oxygen atoms in total. The van der Waals surface area contributed by atoms with Crippen LogP contribution in [0.4, 0.5) is 0 Å². The minimum Gasteiger partial charge on any atom is -0.393 e. The van der Waals surface area contributed by atoms with E-state index in [1.807, 2.05) is 6.07 Å². The highest BCUT2D eigenvalue weighted by Gasteiger charge is 2.04. The number of hydrogen-bond acceptors (Lipinski definition) is 2. The number of nitrogens with zero attached hydrogens (tertiary/aromatic N) is 1. The molecular weight excluding hydrogens is 230 g/mol. The molecule has 0 fully saturated rings. The first-order valence-electron chi connectivity index (χ1n) is 4.50.